The van der Waals surface area contributed by atoms with E-state index in [1.807, 2.05) is 0 Å². The van der Waals surface area contributed by atoms with Gasteiger partial charge in [-0.3, -0.25) is 0 Å². The van der Waals surface area contributed by atoms with Crippen LogP contribution in [0.2, 0.25) is 0 Å². The lowest BCUT2D eigenvalue weighted by molar-refractivity contribution is 0.526. The van der Waals surface area contributed by atoms with E-state index in [1.165, 1.54) is 11.1 Å². The van der Waals surface area contributed by atoms with Crippen LogP contribution in [0.1, 0.15) is 46.0 Å². The van der Waals surface area contributed by atoms with Gasteiger partial charge in [-0.05, 0) is 17.7 Å². The average Bonchev–Trinajstić information content (AvgIpc) is 2.66. The quantitative estimate of drug-likeness (QED) is 0.900. The zero-order valence-corrected chi connectivity index (χ0v) is 12.9. The molecule has 0 aliphatic heterocycles. The monoisotopic (exact) mass is 259 g/mol. The third-order valence-corrected chi connectivity index (χ3v) is 3.84. The molecule has 19 heavy (non-hydrogen) atoms. The molecule has 0 radical (unpaired) electrons. The van der Waals surface area contributed by atoms with Crippen molar-refractivity contribution in [2.24, 2.45) is 12.8 Å². The normalized spacial score (nSPS) is 13.2. The van der Waals surface area contributed by atoms with Crippen LogP contribution in [0.5, 0.6) is 0 Å². The second-order valence-electron chi connectivity index (χ2n) is 7.04. The molecule has 0 unspecified atom stereocenters. The van der Waals surface area contributed by atoms with Gasteiger partial charge in [-0.1, -0.05) is 40.7 Å². The minimum absolute atomic E-state index is 0.00634. The molecule has 2 N–H and O–H groups in total. The number of aromatic nitrogens is 2. The Kier molecular flexibility index (Phi) is 3.21. The first-order chi connectivity index (χ1) is 8.66. The second-order valence-corrected chi connectivity index (χ2v) is 7.04. The first kappa shape index (κ1) is 14.1. The van der Waals surface area contributed by atoms with Gasteiger partial charge < -0.3 is 10.3 Å². The van der Waals surface area contributed by atoms with E-state index < -0.39 is 0 Å². The Morgan fingerprint density at radius 1 is 1.16 bits per heavy atom. The maximum absolute atomic E-state index is 5.86. The van der Waals surface area contributed by atoms with Crippen LogP contribution in [0, 0.1) is 0 Å². The Labute approximate surface area is 115 Å². The van der Waals surface area contributed by atoms with Crippen LogP contribution in [0.25, 0.3) is 11.0 Å². The van der Waals surface area contributed by atoms with Crippen LogP contribution in [0.3, 0.4) is 0 Å². The summed E-state index contributed by atoms with van der Waals surface area (Å²) >= 11 is 0. The number of hydrogen-bond acceptors (Lipinski definition) is 2. The number of rotatable bonds is 2. The van der Waals surface area contributed by atoms with E-state index in [9.17, 15) is 0 Å². The van der Waals surface area contributed by atoms with Gasteiger partial charge in [-0.2, -0.15) is 0 Å². The zero-order chi connectivity index (χ0) is 14.4. The van der Waals surface area contributed by atoms with Crippen LogP contribution in [0.15, 0.2) is 18.2 Å². The van der Waals surface area contributed by atoms with Crippen LogP contribution >= 0.6 is 0 Å². The fourth-order valence-electron chi connectivity index (χ4n) is 2.41. The Balaban J connectivity index is 2.63. The van der Waals surface area contributed by atoms with Gasteiger partial charge in [0.25, 0.3) is 0 Å². The van der Waals surface area contributed by atoms with Gasteiger partial charge in [0.2, 0.25) is 0 Å². The summed E-state index contributed by atoms with van der Waals surface area (Å²) in [5.41, 5.74) is 9.40. The van der Waals surface area contributed by atoms with Crippen molar-refractivity contribution in [3.05, 3.63) is 29.6 Å². The molecule has 2 rings (SSSR count). The number of fused-ring (bicyclic) bond motifs is 1. The molecule has 0 spiro atoms. The summed E-state index contributed by atoms with van der Waals surface area (Å²) < 4.78 is 2.19. The molecule has 3 heteroatoms. The summed E-state index contributed by atoms with van der Waals surface area (Å²) in [7, 11) is 2.09. The highest BCUT2D eigenvalue weighted by molar-refractivity contribution is 5.77. The SMILES string of the molecule is Cn1c(C(C)(C)C)nc2cc(C(C)(C)CN)ccc21. The smallest absolute Gasteiger partial charge is 0.115 e. The number of benzene rings is 1. The lowest BCUT2D eigenvalue weighted by atomic mass is 9.85. The number of hydrogen-bond donors (Lipinski definition) is 1. The maximum atomic E-state index is 5.86. The Morgan fingerprint density at radius 2 is 1.79 bits per heavy atom. The molecule has 0 saturated heterocycles. The summed E-state index contributed by atoms with van der Waals surface area (Å²) in [5, 5.41) is 0. The zero-order valence-electron chi connectivity index (χ0n) is 12.9. The lowest BCUT2D eigenvalue weighted by Gasteiger charge is -2.22. The van der Waals surface area contributed by atoms with E-state index in [0.717, 1.165) is 11.3 Å². The molecule has 3 nitrogen and oxygen atoms in total. The van der Waals surface area contributed by atoms with Gasteiger partial charge in [-0.25, -0.2) is 4.98 Å². The highest BCUT2D eigenvalue weighted by Crippen LogP contribution is 2.29. The molecule has 0 amide bonds. The van der Waals surface area contributed by atoms with E-state index in [-0.39, 0.29) is 10.8 Å². The fraction of sp³-hybridized carbons (Fsp3) is 0.562. The summed E-state index contributed by atoms with van der Waals surface area (Å²) in [6.45, 7) is 11.6. The average molecular weight is 259 g/mol. The number of nitrogens with two attached hydrogens (primary N) is 1. The lowest BCUT2D eigenvalue weighted by Crippen LogP contribution is -2.27. The van der Waals surface area contributed by atoms with Crippen LogP contribution in [-0.2, 0) is 17.9 Å². The fourth-order valence-corrected chi connectivity index (χ4v) is 2.41. The molecule has 0 saturated carbocycles. The minimum atomic E-state index is -0.00634. The van der Waals surface area contributed by atoms with E-state index in [4.69, 9.17) is 10.7 Å². The number of nitrogens with zero attached hydrogens (tertiary/aromatic N) is 2. The highest BCUT2D eigenvalue weighted by atomic mass is 15.1. The molecule has 0 aliphatic rings. The summed E-state index contributed by atoms with van der Waals surface area (Å²) in [6.07, 6.45) is 0. The van der Waals surface area contributed by atoms with Gasteiger partial charge in [-0.15, -0.1) is 0 Å². The number of imidazole rings is 1. The van der Waals surface area contributed by atoms with E-state index in [0.29, 0.717) is 6.54 Å². The van der Waals surface area contributed by atoms with Gasteiger partial charge in [0.15, 0.2) is 0 Å². The first-order valence-corrected chi connectivity index (χ1v) is 6.84. The van der Waals surface area contributed by atoms with Crippen molar-refractivity contribution in [2.45, 2.75) is 45.4 Å². The standard InChI is InChI=1S/C16H25N3/c1-15(2,3)14-18-12-9-11(16(4,5)10-17)7-8-13(12)19(14)6/h7-9H,10,17H2,1-6H3. The summed E-state index contributed by atoms with van der Waals surface area (Å²) in [4.78, 5) is 4.81. The molecule has 1 heterocycles. The summed E-state index contributed by atoms with van der Waals surface area (Å²) in [5.74, 6) is 1.12. The third kappa shape index (κ3) is 2.39. The van der Waals surface area contributed by atoms with Crippen LogP contribution in [0.4, 0.5) is 0 Å². The van der Waals surface area contributed by atoms with Crippen molar-refractivity contribution >= 4 is 11.0 Å². The van der Waals surface area contributed by atoms with Crippen molar-refractivity contribution in [3.8, 4) is 0 Å². The maximum Gasteiger partial charge on any atom is 0.115 e. The molecule has 0 bridgehead atoms. The van der Waals surface area contributed by atoms with Gasteiger partial charge in [0.1, 0.15) is 5.82 Å². The van der Waals surface area contributed by atoms with Crippen molar-refractivity contribution in [1.29, 1.82) is 0 Å². The summed E-state index contributed by atoms with van der Waals surface area (Å²) in [6, 6.07) is 6.51. The molecule has 0 fully saturated rings. The molecule has 1 aromatic heterocycles. The molecule has 0 aliphatic carbocycles. The first-order valence-electron chi connectivity index (χ1n) is 6.84. The largest absolute Gasteiger partial charge is 0.331 e. The Bertz CT molecular complexity index is 600. The predicted molar refractivity (Wildman–Crippen MR) is 81.5 cm³/mol. The van der Waals surface area contributed by atoms with Crippen LogP contribution < -0.4 is 5.73 Å². The van der Waals surface area contributed by atoms with E-state index in [2.05, 4.69) is 64.4 Å². The van der Waals surface area contributed by atoms with Crippen LogP contribution in [-0.4, -0.2) is 16.1 Å². The third-order valence-electron chi connectivity index (χ3n) is 3.84. The van der Waals surface area contributed by atoms with Gasteiger partial charge in [0, 0.05) is 24.4 Å². The Morgan fingerprint density at radius 3 is 2.32 bits per heavy atom. The topological polar surface area (TPSA) is 43.8 Å². The van der Waals surface area contributed by atoms with E-state index in [1.54, 1.807) is 0 Å². The van der Waals surface area contributed by atoms with Crippen molar-refractivity contribution in [2.75, 3.05) is 6.54 Å². The molecule has 1 aromatic carbocycles. The molecule has 0 atom stereocenters. The van der Waals surface area contributed by atoms with Crippen molar-refractivity contribution < 1.29 is 0 Å². The molecular weight excluding hydrogens is 234 g/mol. The Hall–Kier alpha value is -1.35. The number of aryl methyl sites for hydroxylation is 1. The molecular formula is C16H25N3. The second kappa shape index (κ2) is 4.34. The molecule has 104 valence electrons. The molecule has 2 aromatic rings. The van der Waals surface area contributed by atoms with Crippen molar-refractivity contribution in [3.63, 3.8) is 0 Å². The predicted octanol–water partition coefficient (Wildman–Crippen LogP) is 3.11. The van der Waals surface area contributed by atoms with Gasteiger partial charge >= 0.3 is 0 Å². The van der Waals surface area contributed by atoms with E-state index >= 15 is 0 Å². The van der Waals surface area contributed by atoms with Crippen molar-refractivity contribution in [1.82, 2.24) is 9.55 Å². The highest BCUT2D eigenvalue weighted by Gasteiger charge is 2.23. The minimum Gasteiger partial charge on any atom is -0.331 e. The van der Waals surface area contributed by atoms with Gasteiger partial charge in [0.05, 0.1) is 11.0 Å².